The van der Waals surface area contributed by atoms with Crippen molar-refractivity contribution in [1.29, 1.82) is 0 Å². The summed E-state index contributed by atoms with van der Waals surface area (Å²) in [4.78, 5) is 38.0. The van der Waals surface area contributed by atoms with Crippen molar-refractivity contribution in [3.63, 3.8) is 0 Å². The van der Waals surface area contributed by atoms with Crippen LogP contribution < -0.4 is 5.32 Å². The third-order valence-corrected chi connectivity index (χ3v) is 5.95. The Morgan fingerprint density at radius 3 is 2.69 bits per heavy atom. The molecule has 8 heteroatoms. The summed E-state index contributed by atoms with van der Waals surface area (Å²) in [5.41, 5.74) is 0.621. The zero-order valence-corrected chi connectivity index (χ0v) is 16.3. The second-order valence-electron chi connectivity index (χ2n) is 6.27. The van der Waals surface area contributed by atoms with Gasteiger partial charge in [-0.3, -0.25) is 19.3 Å². The van der Waals surface area contributed by atoms with E-state index >= 15 is 0 Å². The molecule has 1 aromatic rings. The lowest BCUT2D eigenvalue weighted by atomic mass is 10.1. The fourth-order valence-electron chi connectivity index (χ4n) is 3.08. The Morgan fingerprint density at radius 1 is 1.27 bits per heavy atom. The van der Waals surface area contributed by atoms with Gasteiger partial charge in [0.25, 0.3) is 11.1 Å². The van der Waals surface area contributed by atoms with Crippen molar-refractivity contribution in [2.24, 2.45) is 5.92 Å². The van der Waals surface area contributed by atoms with Crippen LogP contribution in [0.25, 0.3) is 6.08 Å². The highest BCUT2D eigenvalue weighted by Gasteiger charge is 2.35. The molecular formula is C18H18Cl2N2O3S. The first kappa shape index (κ1) is 19.3. The first-order valence-corrected chi connectivity index (χ1v) is 10.0. The second-order valence-corrected chi connectivity index (χ2v) is 8.11. The van der Waals surface area contributed by atoms with Crippen molar-refractivity contribution in [3.05, 3.63) is 38.7 Å². The van der Waals surface area contributed by atoms with Gasteiger partial charge >= 0.3 is 0 Å². The van der Waals surface area contributed by atoms with E-state index in [0.29, 0.717) is 20.5 Å². The average Bonchev–Trinajstić information content (AvgIpc) is 3.21. The summed E-state index contributed by atoms with van der Waals surface area (Å²) in [6.07, 6.45) is 5.58. The molecule has 2 aliphatic rings. The fraction of sp³-hybridized carbons (Fsp3) is 0.389. The molecule has 1 saturated heterocycles. The molecule has 1 aliphatic heterocycles. The maximum atomic E-state index is 12.5. The van der Waals surface area contributed by atoms with Gasteiger partial charge in [0.2, 0.25) is 5.91 Å². The first-order chi connectivity index (χ1) is 12.5. The number of carbonyl (C=O) groups excluding carboxylic acids is 3. The highest BCUT2D eigenvalue weighted by atomic mass is 35.5. The van der Waals surface area contributed by atoms with Crippen LogP contribution in [-0.2, 0) is 9.59 Å². The standard InChI is InChI=1S/C18H18Cl2N2O3S/c19-13-6-5-12(14(20)10-13)9-15-17(24)22(18(25)26-15)8-7-21-16(23)11-3-1-2-4-11/h5-6,9-11H,1-4,7-8H2,(H,21,23)/b15-9-. The van der Waals surface area contributed by atoms with E-state index in [1.54, 1.807) is 24.3 Å². The zero-order chi connectivity index (χ0) is 18.7. The summed E-state index contributed by atoms with van der Waals surface area (Å²) < 4.78 is 0. The molecule has 1 aromatic carbocycles. The SMILES string of the molecule is O=C(NCCN1C(=O)S/C(=C\c2ccc(Cl)cc2Cl)C1=O)C1CCCC1. The van der Waals surface area contributed by atoms with Gasteiger partial charge in [-0.15, -0.1) is 0 Å². The molecule has 1 aliphatic carbocycles. The number of nitrogens with one attached hydrogen (secondary N) is 1. The summed E-state index contributed by atoms with van der Waals surface area (Å²) in [5.74, 6) is -0.295. The van der Waals surface area contributed by atoms with Gasteiger partial charge in [0.15, 0.2) is 0 Å². The largest absolute Gasteiger partial charge is 0.354 e. The average molecular weight is 413 g/mol. The van der Waals surface area contributed by atoms with E-state index in [4.69, 9.17) is 23.2 Å². The predicted molar refractivity (Wildman–Crippen MR) is 104 cm³/mol. The number of amides is 3. The van der Waals surface area contributed by atoms with Crippen LogP contribution in [-0.4, -0.2) is 35.0 Å². The van der Waals surface area contributed by atoms with Gasteiger partial charge < -0.3 is 5.32 Å². The minimum absolute atomic E-state index is 0.0120. The maximum Gasteiger partial charge on any atom is 0.293 e. The van der Waals surface area contributed by atoms with Crippen LogP contribution in [0.4, 0.5) is 4.79 Å². The highest BCUT2D eigenvalue weighted by molar-refractivity contribution is 8.18. The Hall–Kier alpha value is -1.50. The predicted octanol–water partition coefficient (Wildman–Crippen LogP) is 4.34. The van der Waals surface area contributed by atoms with Crippen LogP contribution in [0.2, 0.25) is 10.0 Å². The normalized spacial score (nSPS) is 19.6. The smallest absolute Gasteiger partial charge is 0.293 e. The third kappa shape index (κ3) is 4.42. The van der Waals surface area contributed by atoms with E-state index in [1.165, 1.54) is 0 Å². The molecule has 1 saturated carbocycles. The topological polar surface area (TPSA) is 66.5 Å². The van der Waals surface area contributed by atoms with Crippen molar-refractivity contribution >= 4 is 58.1 Å². The number of hydrogen-bond acceptors (Lipinski definition) is 4. The number of carbonyl (C=O) groups is 3. The molecule has 138 valence electrons. The Bertz CT molecular complexity index is 776. The number of benzene rings is 1. The molecule has 0 aromatic heterocycles. The third-order valence-electron chi connectivity index (χ3n) is 4.48. The van der Waals surface area contributed by atoms with Gasteiger partial charge in [-0.2, -0.15) is 0 Å². The molecule has 1 heterocycles. The molecule has 0 atom stereocenters. The summed E-state index contributed by atoms with van der Waals surface area (Å²) in [7, 11) is 0. The molecule has 0 unspecified atom stereocenters. The van der Waals surface area contributed by atoms with E-state index < -0.39 is 0 Å². The molecule has 0 spiro atoms. The zero-order valence-electron chi connectivity index (χ0n) is 14.0. The lowest BCUT2D eigenvalue weighted by Crippen LogP contribution is -2.39. The van der Waals surface area contributed by atoms with Gasteiger partial charge in [0.05, 0.1) is 4.91 Å². The van der Waals surface area contributed by atoms with Crippen LogP contribution >= 0.6 is 35.0 Å². The Kier molecular flexibility index (Phi) is 6.27. The lowest BCUT2D eigenvalue weighted by Gasteiger charge is -2.14. The van der Waals surface area contributed by atoms with E-state index in [9.17, 15) is 14.4 Å². The van der Waals surface area contributed by atoms with E-state index in [-0.39, 0.29) is 36.1 Å². The molecule has 5 nitrogen and oxygen atoms in total. The summed E-state index contributed by atoms with van der Waals surface area (Å²) in [6, 6.07) is 4.94. The Balaban J connectivity index is 1.59. The number of thioether (sulfide) groups is 1. The van der Waals surface area contributed by atoms with Crippen LogP contribution in [0.3, 0.4) is 0 Å². The van der Waals surface area contributed by atoms with Gasteiger partial charge in [0, 0.05) is 29.1 Å². The molecular weight excluding hydrogens is 395 g/mol. The summed E-state index contributed by atoms with van der Waals surface area (Å²) >= 11 is 12.8. The summed E-state index contributed by atoms with van der Waals surface area (Å²) in [6.45, 7) is 0.428. The second kappa shape index (κ2) is 8.46. The fourth-order valence-corrected chi connectivity index (χ4v) is 4.39. The number of rotatable bonds is 5. The molecule has 3 rings (SSSR count). The van der Waals surface area contributed by atoms with Gasteiger partial charge in [-0.1, -0.05) is 42.1 Å². The number of halogens is 2. The molecule has 26 heavy (non-hydrogen) atoms. The minimum atomic E-state index is -0.374. The van der Waals surface area contributed by atoms with Gasteiger partial charge in [-0.05, 0) is 48.4 Å². The Labute approximate surface area is 166 Å². The van der Waals surface area contributed by atoms with Crippen molar-refractivity contribution in [2.45, 2.75) is 25.7 Å². The molecule has 0 radical (unpaired) electrons. The molecule has 3 amide bonds. The molecule has 2 fully saturated rings. The summed E-state index contributed by atoms with van der Waals surface area (Å²) in [5, 5.41) is 3.39. The van der Waals surface area contributed by atoms with Crippen molar-refractivity contribution in [2.75, 3.05) is 13.1 Å². The maximum absolute atomic E-state index is 12.5. The first-order valence-electron chi connectivity index (χ1n) is 8.44. The number of hydrogen-bond donors (Lipinski definition) is 1. The lowest BCUT2D eigenvalue weighted by molar-refractivity contribution is -0.126. The van der Waals surface area contributed by atoms with Crippen molar-refractivity contribution in [3.8, 4) is 0 Å². The van der Waals surface area contributed by atoms with Crippen LogP contribution in [0, 0.1) is 5.92 Å². The molecule has 0 bridgehead atoms. The van der Waals surface area contributed by atoms with Crippen molar-refractivity contribution in [1.82, 2.24) is 10.2 Å². The quantitative estimate of drug-likeness (QED) is 0.730. The Morgan fingerprint density at radius 2 is 2.00 bits per heavy atom. The van der Waals surface area contributed by atoms with E-state index in [0.717, 1.165) is 42.3 Å². The number of imide groups is 1. The molecule has 1 N–H and O–H groups in total. The number of nitrogens with zero attached hydrogens (tertiary/aromatic N) is 1. The van der Waals surface area contributed by atoms with Crippen LogP contribution in [0.1, 0.15) is 31.2 Å². The van der Waals surface area contributed by atoms with Crippen LogP contribution in [0.5, 0.6) is 0 Å². The highest BCUT2D eigenvalue weighted by Crippen LogP contribution is 2.33. The van der Waals surface area contributed by atoms with E-state index in [1.807, 2.05) is 0 Å². The van der Waals surface area contributed by atoms with Crippen molar-refractivity contribution < 1.29 is 14.4 Å². The monoisotopic (exact) mass is 412 g/mol. The van der Waals surface area contributed by atoms with Crippen LogP contribution in [0.15, 0.2) is 23.1 Å². The van der Waals surface area contributed by atoms with Gasteiger partial charge in [-0.25, -0.2) is 0 Å². The minimum Gasteiger partial charge on any atom is -0.354 e. The van der Waals surface area contributed by atoms with Gasteiger partial charge in [0.1, 0.15) is 0 Å². The van der Waals surface area contributed by atoms with E-state index in [2.05, 4.69) is 5.32 Å².